The van der Waals surface area contributed by atoms with Crippen molar-refractivity contribution in [2.45, 2.75) is 39.0 Å². The zero-order valence-corrected chi connectivity index (χ0v) is 19.9. The number of aliphatic hydroxyl groups is 1. The second-order valence-electron chi connectivity index (χ2n) is 8.69. The van der Waals surface area contributed by atoms with E-state index in [1.165, 1.54) is 29.2 Å². The first-order valence-corrected chi connectivity index (χ1v) is 11.5. The summed E-state index contributed by atoms with van der Waals surface area (Å²) in [5.74, 6) is -1.25. The van der Waals surface area contributed by atoms with E-state index in [2.05, 4.69) is 4.98 Å². The van der Waals surface area contributed by atoms with Crippen LogP contribution in [0.15, 0.2) is 72.8 Å². The van der Waals surface area contributed by atoms with Crippen LogP contribution in [0.25, 0.3) is 5.76 Å². The summed E-state index contributed by atoms with van der Waals surface area (Å²) in [5, 5.41) is 22.3. The fourth-order valence-corrected chi connectivity index (χ4v) is 4.20. The molecule has 1 unspecified atom stereocenters. The molecule has 10 heteroatoms. The molecule has 36 heavy (non-hydrogen) atoms. The number of nitrogens with zero attached hydrogens (tertiary/aromatic N) is 4. The molecule has 1 aliphatic heterocycles. The van der Waals surface area contributed by atoms with Crippen molar-refractivity contribution in [3.8, 4) is 5.75 Å². The maximum atomic E-state index is 13.1. The van der Waals surface area contributed by atoms with Crippen LogP contribution in [0.5, 0.6) is 5.75 Å². The summed E-state index contributed by atoms with van der Waals surface area (Å²) in [6, 6.07) is 11.3. The molecule has 3 aromatic rings. The molecule has 0 saturated carbocycles. The van der Waals surface area contributed by atoms with Crippen LogP contribution >= 0.6 is 0 Å². The normalized spacial score (nSPS) is 17.1. The number of benzene rings is 2. The molecule has 1 amide bonds. The maximum Gasteiger partial charge on any atom is 0.295 e. The van der Waals surface area contributed by atoms with Gasteiger partial charge in [-0.25, -0.2) is 4.98 Å². The highest BCUT2D eigenvalue weighted by molar-refractivity contribution is 6.46. The number of aromatic nitrogens is 2. The van der Waals surface area contributed by atoms with E-state index in [-0.39, 0.29) is 29.7 Å². The Balaban J connectivity index is 1.71. The first-order valence-electron chi connectivity index (χ1n) is 11.5. The minimum absolute atomic E-state index is 0.0285. The summed E-state index contributed by atoms with van der Waals surface area (Å²) < 4.78 is 7.50. The number of Topliss-reactive ketones (excluding diaryl/α,β-unsaturated/α-hetero) is 1. The van der Waals surface area contributed by atoms with Crippen molar-refractivity contribution in [2.24, 2.45) is 0 Å². The van der Waals surface area contributed by atoms with Crippen LogP contribution in [-0.2, 0) is 16.1 Å². The predicted molar refractivity (Wildman–Crippen MR) is 131 cm³/mol. The average Bonchev–Trinajstić information content (AvgIpc) is 3.46. The second kappa shape index (κ2) is 10.4. The van der Waals surface area contributed by atoms with E-state index in [0.717, 1.165) is 0 Å². The van der Waals surface area contributed by atoms with E-state index in [1.54, 1.807) is 43.0 Å². The first kappa shape index (κ1) is 24.6. The lowest BCUT2D eigenvalue weighted by Gasteiger charge is -2.25. The van der Waals surface area contributed by atoms with Gasteiger partial charge >= 0.3 is 0 Å². The number of nitro benzene ring substituents is 1. The lowest BCUT2D eigenvalue weighted by molar-refractivity contribution is -0.384. The number of ketones is 1. The van der Waals surface area contributed by atoms with Crippen molar-refractivity contribution in [3.63, 3.8) is 0 Å². The number of hydrogen-bond donors (Lipinski definition) is 1. The number of likely N-dealkylation sites (tertiary alicyclic amines) is 1. The van der Waals surface area contributed by atoms with Gasteiger partial charge in [-0.1, -0.05) is 0 Å². The highest BCUT2D eigenvalue weighted by Crippen LogP contribution is 2.40. The van der Waals surface area contributed by atoms with Crippen molar-refractivity contribution in [1.82, 2.24) is 14.5 Å². The Morgan fingerprint density at radius 2 is 1.81 bits per heavy atom. The fourth-order valence-electron chi connectivity index (χ4n) is 4.20. The Bertz CT molecular complexity index is 1280. The van der Waals surface area contributed by atoms with E-state index in [1.807, 2.05) is 18.4 Å². The molecular formula is C26H26N4O6. The van der Waals surface area contributed by atoms with E-state index in [0.29, 0.717) is 29.8 Å². The highest BCUT2D eigenvalue weighted by atomic mass is 16.6. The Hall–Kier alpha value is -4.47. The predicted octanol–water partition coefficient (Wildman–Crippen LogP) is 4.09. The number of ether oxygens (including phenoxy) is 1. The van der Waals surface area contributed by atoms with Gasteiger partial charge in [0.2, 0.25) is 0 Å². The topological polar surface area (TPSA) is 128 Å². The summed E-state index contributed by atoms with van der Waals surface area (Å²) >= 11 is 0. The lowest BCUT2D eigenvalue weighted by Crippen LogP contribution is -2.31. The first-order chi connectivity index (χ1) is 17.3. The number of carbonyl (C=O) groups excluding carboxylic acids is 2. The molecular weight excluding hydrogens is 464 g/mol. The van der Waals surface area contributed by atoms with Crippen LogP contribution in [0.1, 0.15) is 37.4 Å². The largest absolute Gasteiger partial charge is 0.507 e. The number of hydrogen-bond acceptors (Lipinski definition) is 7. The zero-order chi connectivity index (χ0) is 25.8. The molecule has 1 fully saturated rings. The van der Waals surface area contributed by atoms with E-state index in [4.69, 9.17) is 4.74 Å². The summed E-state index contributed by atoms with van der Waals surface area (Å²) in [7, 11) is 0. The summed E-state index contributed by atoms with van der Waals surface area (Å²) in [6.07, 6.45) is 5.62. The van der Waals surface area contributed by atoms with Crippen molar-refractivity contribution in [1.29, 1.82) is 0 Å². The summed E-state index contributed by atoms with van der Waals surface area (Å²) in [4.78, 5) is 42.2. The Morgan fingerprint density at radius 1 is 1.11 bits per heavy atom. The third-order valence-corrected chi connectivity index (χ3v) is 5.83. The molecule has 1 saturated heterocycles. The standard InChI is InChI=1S/C26H26N4O6/c1-17(2)36-21-10-6-19(7-11-21)24(31)22-23(18-4-8-20(9-5-18)30(34)35)29(26(33)25(22)32)14-3-13-28-15-12-27-16-28/h4-12,15-17,23,31H,3,13-14H2,1-2H3/b24-22-. The quantitative estimate of drug-likeness (QED) is 0.157. The maximum absolute atomic E-state index is 13.1. The number of aryl methyl sites for hydroxylation is 1. The van der Waals surface area contributed by atoms with Gasteiger partial charge in [-0.05, 0) is 62.2 Å². The van der Waals surface area contributed by atoms with Crippen LogP contribution in [0, 0.1) is 10.1 Å². The number of rotatable bonds is 9. The van der Waals surface area contributed by atoms with E-state index >= 15 is 0 Å². The van der Waals surface area contributed by atoms with Crippen molar-refractivity contribution in [3.05, 3.63) is 94.1 Å². The molecule has 2 aromatic carbocycles. The van der Waals surface area contributed by atoms with Gasteiger partial charge in [0, 0.05) is 43.2 Å². The Kier molecular flexibility index (Phi) is 7.14. The van der Waals surface area contributed by atoms with Crippen molar-refractivity contribution < 1.29 is 24.4 Å². The Labute approximate surface area is 207 Å². The number of non-ortho nitro benzene ring substituents is 1. The minimum Gasteiger partial charge on any atom is -0.507 e. The molecule has 0 spiro atoms. The molecule has 0 bridgehead atoms. The van der Waals surface area contributed by atoms with Gasteiger partial charge in [-0.3, -0.25) is 19.7 Å². The second-order valence-corrected chi connectivity index (χ2v) is 8.69. The van der Waals surface area contributed by atoms with Gasteiger partial charge in [-0.2, -0.15) is 0 Å². The fraction of sp³-hybridized carbons (Fsp3) is 0.269. The van der Waals surface area contributed by atoms with Gasteiger partial charge in [0.15, 0.2) is 0 Å². The number of nitro groups is 1. The van der Waals surface area contributed by atoms with Crippen LogP contribution in [0.2, 0.25) is 0 Å². The average molecular weight is 491 g/mol. The number of aliphatic hydroxyl groups excluding tert-OH is 1. The smallest absolute Gasteiger partial charge is 0.295 e. The van der Waals surface area contributed by atoms with Crippen molar-refractivity contribution >= 4 is 23.1 Å². The lowest BCUT2D eigenvalue weighted by atomic mass is 9.95. The van der Waals surface area contributed by atoms with Crippen LogP contribution in [-0.4, -0.2) is 48.8 Å². The molecule has 1 atom stereocenters. The summed E-state index contributed by atoms with van der Waals surface area (Å²) in [6.45, 7) is 4.61. The third-order valence-electron chi connectivity index (χ3n) is 5.83. The number of imidazole rings is 1. The van der Waals surface area contributed by atoms with Gasteiger partial charge in [0.05, 0.1) is 29.0 Å². The molecule has 4 rings (SSSR count). The van der Waals surface area contributed by atoms with Crippen LogP contribution < -0.4 is 4.74 Å². The zero-order valence-electron chi connectivity index (χ0n) is 19.9. The van der Waals surface area contributed by atoms with Gasteiger partial charge in [0.25, 0.3) is 17.4 Å². The molecule has 10 nitrogen and oxygen atoms in total. The van der Waals surface area contributed by atoms with E-state index in [9.17, 15) is 24.8 Å². The number of amides is 1. The highest BCUT2D eigenvalue weighted by Gasteiger charge is 2.45. The van der Waals surface area contributed by atoms with Crippen LogP contribution in [0.4, 0.5) is 5.69 Å². The number of carbonyl (C=O) groups is 2. The SMILES string of the molecule is CC(C)Oc1ccc(/C(O)=C2/C(=O)C(=O)N(CCCn3ccnc3)C2c2ccc([N+](=O)[O-])cc2)cc1. The van der Waals surface area contributed by atoms with Gasteiger partial charge in [0.1, 0.15) is 11.5 Å². The monoisotopic (exact) mass is 490 g/mol. The molecule has 186 valence electrons. The minimum atomic E-state index is -0.889. The Morgan fingerprint density at radius 3 is 2.39 bits per heavy atom. The summed E-state index contributed by atoms with van der Waals surface area (Å²) in [5.41, 5.74) is 0.670. The molecule has 1 aliphatic rings. The molecule has 0 radical (unpaired) electrons. The molecule has 0 aliphatic carbocycles. The van der Waals surface area contributed by atoms with Gasteiger partial charge < -0.3 is 19.3 Å². The molecule has 2 heterocycles. The van der Waals surface area contributed by atoms with E-state index < -0.39 is 22.7 Å². The molecule has 1 aromatic heterocycles. The molecule has 1 N–H and O–H groups in total. The van der Waals surface area contributed by atoms with Crippen LogP contribution in [0.3, 0.4) is 0 Å². The third kappa shape index (κ3) is 5.12. The van der Waals surface area contributed by atoms with Crippen molar-refractivity contribution in [2.75, 3.05) is 6.54 Å². The van der Waals surface area contributed by atoms with Gasteiger partial charge in [-0.15, -0.1) is 0 Å².